The Kier molecular flexibility index (Phi) is 7.71. The molecule has 0 radical (unpaired) electrons. The molecule has 0 fully saturated rings. The number of hydrogen-bond donors (Lipinski definition) is 1. The van der Waals surface area contributed by atoms with Gasteiger partial charge in [0.1, 0.15) is 10.6 Å². The Morgan fingerprint density at radius 3 is 2.36 bits per heavy atom. The van der Waals surface area contributed by atoms with Crippen molar-refractivity contribution in [2.45, 2.75) is 32.3 Å². The van der Waals surface area contributed by atoms with E-state index in [1.807, 2.05) is 26.8 Å². The van der Waals surface area contributed by atoms with Gasteiger partial charge in [0.25, 0.3) is 11.8 Å². The lowest BCUT2D eigenvalue weighted by molar-refractivity contribution is -0.120. The number of nitrogens with one attached hydrogen (secondary N) is 1. The fourth-order valence-electron chi connectivity index (χ4n) is 3.56. The Hall–Kier alpha value is -3.69. The molecule has 0 bridgehead atoms. The van der Waals surface area contributed by atoms with Crippen molar-refractivity contribution in [3.05, 3.63) is 87.2 Å². The summed E-state index contributed by atoms with van der Waals surface area (Å²) in [6.45, 7) is 5.75. The molecule has 1 aliphatic heterocycles. The summed E-state index contributed by atoms with van der Waals surface area (Å²) in [7, 11) is 0. The third-order valence-electron chi connectivity index (χ3n) is 5.11. The maximum atomic E-state index is 13.7. The largest absolute Gasteiger partial charge is 0.462 e. The van der Waals surface area contributed by atoms with E-state index in [2.05, 4.69) is 15.3 Å². The van der Waals surface area contributed by atoms with E-state index in [-0.39, 0.29) is 28.5 Å². The molecule has 184 valence electrons. The van der Waals surface area contributed by atoms with Crippen LogP contribution in [-0.4, -0.2) is 34.4 Å². The highest BCUT2D eigenvalue weighted by Gasteiger charge is 2.42. The standard InChI is InChI=1S/C26H23ClN4O4S/c1-4-13-35-25(34)19-7-5-6-8-20(19)31-23(32)21(30-18-11-9-17(27)10-12-18)22(24(31)33)36-26-28-15(2)14-16(3)29-26/h5-12,14,30H,4,13H2,1-3H3. The normalized spacial score (nSPS) is 13.4. The van der Waals surface area contributed by atoms with Crippen LogP contribution >= 0.6 is 23.4 Å². The van der Waals surface area contributed by atoms with Gasteiger partial charge in [0, 0.05) is 22.1 Å². The van der Waals surface area contributed by atoms with Gasteiger partial charge >= 0.3 is 5.97 Å². The molecular formula is C26H23ClN4O4S. The van der Waals surface area contributed by atoms with Gasteiger partial charge in [-0.1, -0.05) is 30.7 Å². The highest BCUT2D eigenvalue weighted by atomic mass is 35.5. The van der Waals surface area contributed by atoms with Gasteiger partial charge < -0.3 is 10.1 Å². The number of halogens is 1. The number of carbonyl (C=O) groups excluding carboxylic acids is 3. The number of anilines is 2. The number of esters is 1. The number of aryl methyl sites for hydroxylation is 2. The summed E-state index contributed by atoms with van der Waals surface area (Å²) < 4.78 is 5.28. The van der Waals surface area contributed by atoms with E-state index in [0.717, 1.165) is 28.0 Å². The molecule has 0 saturated heterocycles. The molecule has 2 amide bonds. The number of rotatable bonds is 8. The minimum absolute atomic E-state index is 0.0480. The Balaban J connectivity index is 1.77. The number of benzene rings is 2. The maximum absolute atomic E-state index is 13.7. The minimum atomic E-state index is -0.613. The lowest BCUT2D eigenvalue weighted by Crippen LogP contribution is -2.33. The number of carbonyl (C=O) groups is 3. The second kappa shape index (κ2) is 10.9. The van der Waals surface area contributed by atoms with Crippen LogP contribution < -0.4 is 10.2 Å². The van der Waals surface area contributed by atoms with Crippen LogP contribution in [0.2, 0.25) is 5.02 Å². The van der Waals surface area contributed by atoms with Crippen molar-refractivity contribution in [2.24, 2.45) is 0 Å². The molecule has 0 aliphatic carbocycles. The van der Waals surface area contributed by atoms with Crippen molar-refractivity contribution in [1.82, 2.24) is 9.97 Å². The highest BCUT2D eigenvalue weighted by Crippen LogP contribution is 2.38. The number of nitrogens with zero attached hydrogens (tertiary/aromatic N) is 3. The van der Waals surface area contributed by atoms with Crippen LogP contribution in [0.5, 0.6) is 0 Å². The summed E-state index contributed by atoms with van der Waals surface area (Å²) in [6.07, 6.45) is 0.642. The van der Waals surface area contributed by atoms with E-state index < -0.39 is 17.8 Å². The minimum Gasteiger partial charge on any atom is -0.462 e. The van der Waals surface area contributed by atoms with Crippen molar-refractivity contribution in [3.8, 4) is 0 Å². The molecule has 36 heavy (non-hydrogen) atoms. The summed E-state index contributed by atoms with van der Waals surface area (Å²) in [4.78, 5) is 50.0. The van der Waals surface area contributed by atoms with Gasteiger partial charge in [-0.25, -0.2) is 19.7 Å². The molecule has 4 rings (SSSR count). The van der Waals surface area contributed by atoms with E-state index in [1.54, 1.807) is 42.5 Å². The van der Waals surface area contributed by atoms with Crippen LogP contribution in [0.15, 0.2) is 70.4 Å². The van der Waals surface area contributed by atoms with Gasteiger partial charge in [0.2, 0.25) is 0 Å². The first-order valence-corrected chi connectivity index (χ1v) is 12.4. The fraction of sp³-hybridized carbons (Fsp3) is 0.192. The predicted octanol–water partition coefficient (Wildman–Crippen LogP) is 5.30. The van der Waals surface area contributed by atoms with Crippen molar-refractivity contribution < 1.29 is 19.1 Å². The number of hydrogen-bond acceptors (Lipinski definition) is 8. The zero-order valence-corrected chi connectivity index (χ0v) is 21.4. The molecule has 10 heteroatoms. The molecule has 1 aliphatic rings. The number of ether oxygens (including phenoxy) is 1. The van der Waals surface area contributed by atoms with Gasteiger partial charge in [-0.15, -0.1) is 0 Å². The lowest BCUT2D eigenvalue weighted by atomic mass is 10.1. The van der Waals surface area contributed by atoms with Gasteiger partial charge in [0.15, 0.2) is 5.16 Å². The molecule has 0 saturated carbocycles. The van der Waals surface area contributed by atoms with E-state index in [4.69, 9.17) is 16.3 Å². The van der Waals surface area contributed by atoms with Gasteiger partial charge in [0.05, 0.1) is 17.9 Å². The summed E-state index contributed by atoms with van der Waals surface area (Å²) in [5.41, 5.74) is 2.33. The number of amides is 2. The van der Waals surface area contributed by atoms with E-state index in [0.29, 0.717) is 22.3 Å². The van der Waals surface area contributed by atoms with Crippen molar-refractivity contribution in [1.29, 1.82) is 0 Å². The Bertz CT molecular complexity index is 1350. The second-order valence-corrected chi connectivity index (χ2v) is 9.38. The van der Waals surface area contributed by atoms with Crippen LogP contribution in [0.1, 0.15) is 35.1 Å². The van der Waals surface area contributed by atoms with Gasteiger partial charge in [-0.3, -0.25) is 9.59 Å². The summed E-state index contributed by atoms with van der Waals surface area (Å²) in [5, 5.41) is 3.91. The zero-order chi connectivity index (χ0) is 25.8. The van der Waals surface area contributed by atoms with Crippen LogP contribution in [-0.2, 0) is 14.3 Å². The average Bonchev–Trinajstić information content (AvgIpc) is 3.07. The third-order valence-corrected chi connectivity index (χ3v) is 6.31. The fourth-order valence-corrected chi connectivity index (χ4v) is 4.66. The molecule has 8 nitrogen and oxygen atoms in total. The predicted molar refractivity (Wildman–Crippen MR) is 139 cm³/mol. The Labute approximate surface area is 217 Å². The van der Waals surface area contributed by atoms with Crippen LogP contribution in [0.25, 0.3) is 0 Å². The Morgan fingerprint density at radius 2 is 1.69 bits per heavy atom. The second-order valence-electron chi connectivity index (χ2n) is 7.97. The SMILES string of the molecule is CCCOC(=O)c1ccccc1N1C(=O)C(Nc2ccc(Cl)cc2)=C(Sc2nc(C)cc(C)n2)C1=O. The first kappa shape index (κ1) is 25.4. The Morgan fingerprint density at radius 1 is 1.03 bits per heavy atom. The third kappa shape index (κ3) is 5.42. The lowest BCUT2D eigenvalue weighted by Gasteiger charge is -2.18. The molecule has 3 aromatic rings. The number of thioether (sulfide) groups is 1. The quantitative estimate of drug-likeness (QED) is 0.241. The molecule has 0 unspecified atom stereocenters. The summed E-state index contributed by atoms with van der Waals surface area (Å²) >= 11 is 6.99. The van der Waals surface area contributed by atoms with Crippen LogP contribution in [0.4, 0.5) is 11.4 Å². The van der Waals surface area contributed by atoms with Crippen molar-refractivity contribution in [3.63, 3.8) is 0 Å². The summed E-state index contributed by atoms with van der Waals surface area (Å²) in [5.74, 6) is -1.82. The zero-order valence-electron chi connectivity index (χ0n) is 19.9. The molecular weight excluding hydrogens is 500 g/mol. The first-order chi connectivity index (χ1) is 17.3. The number of aromatic nitrogens is 2. The number of para-hydroxylation sites is 1. The van der Waals surface area contributed by atoms with Crippen molar-refractivity contribution in [2.75, 3.05) is 16.8 Å². The molecule has 0 spiro atoms. The monoisotopic (exact) mass is 522 g/mol. The highest BCUT2D eigenvalue weighted by molar-refractivity contribution is 8.04. The average molecular weight is 523 g/mol. The van der Waals surface area contributed by atoms with E-state index in [1.165, 1.54) is 6.07 Å². The van der Waals surface area contributed by atoms with Crippen LogP contribution in [0, 0.1) is 13.8 Å². The van der Waals surface area contributed by atoms with Crippen LogP contribution in [0.3, 0.4) is 0 Å². The van der Waals surface area contributed by atoms with Crippen molar-refractivity contribution >= 4 is 52.5 Å². The summed E-state index contributed by atoms with van der Waals surface area (Å²) in [6, 6.07) is 14.9. The smallest absolute Gasteiger partial charge is 0.340 e. The van der Waals surface area contributed by atoms with Gasteiger partial charge in [-0.2, -0.15) is 0 Å². The topological polar surface area (TPSA) is 101 Å². The maximum Gasteiger partial charge on any atom is 0.340 e. The van der Waals surface area contributed by atoms with E-state index >= 15 is 0 Å². The van der Waals surface area contributed by atoms with Gasteiger partial charge in [-0.05, 0) is 74.5 Å². The van der Waals surface area contributed by atoms with E-state index in [9.17, 15) is 14.4 Å². The number of imide groups is 1. The molecule has 2 heterocycles. The molecule has 2 aromatic carbocycles. The first-order valence-electron chi connectivity index (χ1n) is 11.2. The molecule has 1 aromatic heterocycles. The molecule has 0 atom stereocenters. The molecule has 1 N–H and O–H groups in total.